The largest absolute Gasteiger partial charge is 0.483 e. The Morgan fingerprint density at radius 1 is 1.13 bits per heavy atom. The smallest absolute Gasteiger partial charge is 0.261 e. The SMILES string of the molecule is CCN(CC)c1ccc2c(c1)OCC(=O)N(Cc1ccccc1)C2C(=O)NC(C)(C)C. The molecule has 1 atom stereocenters. The number of nitrogens with zero attached hydrogens (tertiary/aromatic N) is 2. The standard InChI is InChI=1S/C25H33N3O3/c1-6-27(7-2)19-13-14-20-21(15-19)31-17-22(29)28(16-18-11-9-8-10-12-18)23(20)24(30)26-25(3,4)5/h8-15,23H,6-7,16-17H2,1-5H3,(H,26,30). The van der Waals surface area contributed by atoms with Gasteiger partial charge in [0.1, 0.15) is 11.8 Å². The summed E-state index contributed by atoms with van der Waals surface area (Å²) in [6.07, 6.45) is 0. The van der Waals surface area contributed by atoms with Crippen molar-refractivity contribution in [3.8, 4) is 5.75 Å². The fourth-order valence-electron chi connectivity index (χ4n) is 3.87. The van der Waals surface area contributed by atoms with Gasteiger partial charge in [0.25, 0.3) is 5.91 Å². The zero-order valence-corrected chi connectivity index (χ0v) is 19.1. The molecule has 1 unspecified atom stereocenters. The summed E-state index contributed by atoms with van der Waals surface area (Å²) in [4.78, 5) is 30.4. The summed E-state index contributed by atoms with van der Waals surface area (Å²) in [5.41, 5.74) is 2.27. The maximum Gasteiger partial charge on any atom is 0.261 e. The van der Waals surface area contributed by atoms with Gasteiger partial charge in [-0.25, -0.2) is 0 Å². The molecule has 6 heteroatoms. The molecule has 1 aliphatic rings. The highest BCUT2D eigenvalue weighted by Crippen LogP contribution is 2.36. The second-order valence-electron chi connectivity index (χ2n) is 8.83. The van der Waals surface area contributed by atoms with Crippen molar-refractivity contribution in [3.05, 3.63) is 59.7 Å². The van der Waals surface area contributed by atoms with E-state index >= 15 is 0 Å². The summed E-state index contributed by atoms with van der Waals surface area (Å²) >= 11 is 0. The number of nitrogens with one attached hydrogen (secondary N) is 1. The number of benzene rings is 2. The molecule has 3 rings (SSSR count). The molecule has 0 saturated carbocycles. The Bertz CT molecular complexity index is 917. The lowest BCUT2D eigenvalue weighted by atomic mass is 9.99. The van der Waals surface area contributed by atoms with Crippen molar-refractivity contribution < 1.29 is 14.3 Å². The minimum absolute atomic E-state index is 0.0964. The molecule has 0 spiro atoms. The van der Waals surface area contributed by atoms with E-state index in [0.717, 1.165) is 24.3 Å². The first-order valence-corrected chi connectivity index (χ1v) is 10.9. The van der Waals surface area contributed by atoms with Gasteiger partial charge >= 0.3 is 0 Å². The van der Waals surface area contributed by atoms with E-state index in [9.17, 15) is 9.59 Å². The van der Waals surface area contributed by atoms with Crippen LogP contribution >= 0.6 is 0 Å². The van der Waals surface area contributed by atoms with Crippen molar-refractivity contribution in [2.75, 3.05) is 24.6 Å². The van der Waals surface area contributed by atoms with Gasteiger partial charge in [-0.2, -0.15) is 0 Å². The molecule has 2 amide bonds. The average molecular weight is 424 g/mol. The van der Waals surface area contributed by atoms with Gasteiger partial charge in [-0.1, -0.05) is 36.4 Å². The Hall–Kier alpha value is -3.02. The molecule has 0 fully saturated rings. The van der Waals surface area contributed by atoms with Crippen molar-refractivity contribution in [2.45, 2.75) is 52.7 Å². The van der Waals surface area contributed by atoms with Crippen LogP contribution in [-0.4, -0.2) is 41.9 Å². The summed E-state index contributed by atoms with van der Waals surface area (Å²) in [6.45, 7) is 12.0. The van der Waals surface area contributed by atoms with Crippen LogP contribution < -0.4 is 15.0 Å². The highest BCUT2D eigenvalue weighted by molar-refractivity contribution is 5.91. The number of carbonyl (C=O) groups is 2. The highest BCUT2D eigenvalue weighted by atomic mass is 16.5. The minimum Gasteiger partial charge on any atom is -0.483 e. The topological polar surface area (TPSA) is 61.9 Å². The number of ether oxygens (including phenoxy) is 1. The van der Waals surface area contributed by atoms with Crippen molar-refractivity contribution in [3.63, 3.8) is 0 Å². The number of anilines is 1. The van der Waals surface area contributed by atoms with Crippen molar-refractivity contribution in [2.24, 2.45) is 0 Å². The second kappa shape index (κ2) is 9.41. The first-order valence-electron chi connectivity index (χ1n) is 10.9. The normalized spacial score (nSPS) is 16.2. The maximum atomic E-state index is 13.4. The van der Waals surface area contributed by atoms with E-state index in [1.807, 2.05) is 69.3 Å². The molecule has 2 aromatic carbocycles. The third kappa shape index (κ3) is 5.37. The van der Waals surface area contributed by atoms with Crippen LogP contribution in [0.2, 0.25) is 0 Å². The van der Waals surface area contributed by atoms with Gasteiger partial charge in [0, 0.05) is 42.5 Å². The zero-order chi connectivity index (χ0) is 22.6. The van der Waals surface area contributed by atoms with Gasteiger partial charge in [-0.3, -0.25) is 9.59 Å². The molecule has 2 aromatic rings. The van der Waals surface area contributed by atoms with Crippen LogP contribution in [0.1, 0.15) is 51.8 Å². The summed E-state index contributed by atoms with van der Waals surface area (Å²) < 4.78 is 5.92. The quantitative estimate of drug-likeness (QED) is 0.765. The fraction of sp³-hybridized carbons (Fsp3) is 0.440. The second-order valence-corrected chi connectivity index (χ2v) is 8.83. The Labute approximate surface area is 185 Å². The Kier molecular flexibility index (Phi) is 6.88. The molecular weight excluding hydrogens is 390 g/mol. The number of hydrogen-bond donors (Lipinski definition) is 1. The molecule has 1 heterocycles. The van der Waals surface area contributed by atoms with Crippen LogP contribution in [0.3, 0.4) is 0 Å². The van der Waals surface area contributed by atoms with Crippen molar-refractivity contribution in [1.29, 1.82) is 0 Å². The number of fused-ring (bicyclic) bond motifs is 1. The van der Waals surface area contributed by atoms with Crippen LogP contribution in [0, 0.1) is 0 Å². The number of hydrogen-bond acceptors (Lipinski definition) is 4. The summed E-state index contributed by atoms with van der Waals surface area (Å²) in [5.74, 6) is 0.167. The van der Waals surface area contributed by atoms with E-state index in [0.29, 0.717) is 17.9 Å². The van der Waals surface area contributed by atoms with Crippen LogP contribution in [0.15, 0.2) is 48.5 Å². The fourth-order valence-corrected chi connectivity index (χ4v) is 3.87. The van der Waals surface area contributed by atoms with E-state index in [4.69, 9.17) is 4.74 Å². The van der Waals surface area contributed by atoms with Crippen molar-refractivity contribution >= 4 is 17.5 Å². The molecule has 1 N–H and O–H groups in total. The van der Waals surface area contributed by atoms with E-state index in [1.54, 1.807) is 4.90 Å². The van der Waals surface area contributed by atoms with E-state index in [1.165, 1.54) is 0 Å². The van der Waals surface area contributed by atoms with Gasteiger partial charge < -0.3 is 19.9 Å². The lowest BCUT2D eigenvalue weighted by Crippen LogP contribution is -2.49. The lowest BCUT2D eigenvalue weighted by Gasteiger charge is -2.32. The van der Waals surface area contributed by atoms with Gasteiger partial charge in [-0.15, -0.1) is 0 Å². The molecule has 166 valence electrons. The van der Waals surface area contributed by atoms with Gasteiger partial charge in [0.2, 0.25) is 5.91 Å². The first-order chi connectivity index (χ1) is 14.7. The first kappa shape index (κ1) is 22.7. The van der Waals surface area contributed by atoms with E-state index in [2.05, 4.69) is 24.1 Å². The number of rotatable bonds is 6. The average Bonchev–Trinajstić information content (AvgIpc) is 2.85. The monoisotopic (exact) mass is 423 g/mol. The van der Waals surface area contributed by atoms with Gasteiger partial charge in [-0.05, 0) is 46.2 Å². The predicted octanol–water partition coefficient (Wildman–Crippen LogP) is 3.91. The minimum atomic E-state index is -0.768. The van der Waals surface area contributed by atoms with Crippen LogP contribution in [0.4, 0.5) is 5.69 Å². The van der Waals surface area contributed by atoms with Gasteiger partial charge in [0.05, 0.1) is 0 Å². The zero-order valence-electron chi connectivity index (χ0n) is 19.1. The molecule has 0 bridgehead atoms. The highest BCUT2D eigenvalue weighted by Gasteiger charge is 2.37. The van der Waals surface area contributed by atoms with Crippen LogP contribution in [0.25, 0.3) is 0 Å². The van der Waals surface area contributed by atoms with E-state index in [-0.39, 0.29) is 18.4 Å². The Balaban J connectivity index is 2.06. The lowest BCUT2D eigenvalue weighted by molar-refractivity contribution is -0.142. The Morgan fingerprint density at radius 2 is 1.81 bits per heavy atom. The number of amides is 2. The summed E-state index contributed by atoms with van der Waals surface area (Å²) in [7, 11) is 0. The maximum absolute atomic E-state index is 13.4. The Morgan fingerprint density at radius 3 is 2.42 bits per heavy atom. The molecular formula is C25H33N3O3. The molecule has 0 aromatic heterocycles. The van der Waals surface area contributed by atoms with Gasteiger partial charge in [0.15, 0.2) is 6.61 Å². The predicted molar refractivity (Wildman–Crippen MR) is 123 cm³/mol. The summed E-state index contributed by atoms with van der Waals surface area (Å²) in [5, 5.41) is 3.05. The number of carbonyl (C=O) groups excluding carboxylic acids is 2. The van der Waals surface area contributed by atoms with E-state index < -0.39 is 11.6 Å². The third-order valence-electron chi connectivity index (χ3n) is 5.35. The molecule has 0 radical (unpaired) electrons. The molecule has 0 saturated heterocycles. The van der Waals surface area contributed by atoms with Crippen LogP contribution in [0.5, 0.6) is 5.75 Å². The van der Waals surface area contributed by atoms with Crippen LogP contribution in [-0.2, 0) is 16.1 Å². The van der Waals surface area contributed by atoms with Crippen molar-refractivity contribution in [1.82, 2.24) is 10.2 Å². The molecule has 6 nitrogen and oxygen atoms in total. The molecule has 31 heavy (non-hydrogen) atoms. The summed E-state index contributed by atoms with van der Waals surface area (Å²) in [6, 6.07) is 14.8. The molecule has 0 aliphatic carbocycles. The third-order valence-corrected chi connectivity index (χ3v) is 5.35. The molecule has 1 aliphatic heterocycles.